The molecule has 7 nitrogen and oxygen atoms in total. The standard InChI is InChI=1S/C30H27ClN2O5/c1-30(2)17-26-29(21-8-4-3-5-9-21)28(22-11-13-23(31)14-12-22)25(32(26)19-30)16-27(34)38-24-10-6-7-20(15-24)18-37-33(35)36/h3-15H,16-19H2,1-2H3. The molecule has 0 bridgehead atoms. The fourth-order valence-electron chi connectivity index (χ4n) is 5.19. The normalized spacial score (nSPS) is 13.7. The van der Waals surface area contributed by atoms with Crippen LogP contribution in [0.5, 0.6) is 5.75 Å². The van der Waals surface area contributed by atoms with Crippen molar-refractivity contribution in [3.8, 4) is 28.0 Å². The molecule has 0 aliphatic carbocycles. The first kappa shape index (κ1) is 25.5. The summed E-state index contributed by atoms with van der Waals surface area (Å²) >= 11 is 6.21. The van der Waals surface area contributed by atoms with Crippen LogP contribution in [0, 0.1) is 15.5 Å². The minimum Gasteiger partial charge on any atom is -0.426 e. The molecule has 8 heteroatoms. The van der Waals surface area contributed by atoms with E-state index < -0.39 is 11.1 Å². The molecule has 194 valence electrons. The molecule has 0 amide bonds. The van der Waals surface area contributed by atoms with Gasteiger partial charge in [-0.1, -0.05) is 80.0 Å². The molecule has 0 radical (unpaired) electrons. The highest BCUT2D eigenvalue weighted by Crippen LogP contribution is 2.47. The van der Waals surface area contributed by atoms with E-state index in [1.807, 2.05) is 42.5 Å². The Morgan fingerprint density at radius 3 is 2.42 bits per heavy atom. The molecule has 38 heavy (non-hydrogen) atoms. The number of rotatable bonds is 8. The maximum Gasteiger partial charge on any atom is 0.317 e. The second-order valence-corrected chi connectivity index (χ2v) is 10.7. The molecule has 2 heterocycles. The molecule has 1 aromatic heterocycles. The molecular weight excluding hydrogens is 504 g/mol. The third-order valence-corrected chi connectivity index (χ3v) is 6.94. The SMILES string of the molecule is CC1(C)Cc2c(-c3ccccc3)c(-c3ccc(Cl)cc3)c(CC(=O)Oc3cccc(CO[N+](=O)[O-])c3)n2C1. The fraction of sp³-hybridized carbons (Fsp3) is 0.233. The molecule has 3 aromatic carbocycles. The highest BCUT2D eigenvalue weighted by atomic mass is 35.5. The molecule has 0 unspecified atom stereocenters. The van der Waals surface area contributed by atoms with Gasteiger partial charge in [0.1, 0.15) is 12.4 Å². The number of carbonyl (C=O) groups is 1. The van der Waals surface area contributed by atoms with Crippen LogP contribution >= 0.6 is 11.6 Å². The zero-order valence-electron chi connectivity index (χ0n) is 21.1. The van der Waals surface area contributed by atoms with Crippen LogP contribution in [0.3, 0.4) is 0 Å². The zero-order valence-corrected chi connectivity index (χ0v) is 21.9. The summed E-state index contributed by atoms with van der Waals surface area (Å²) in [6, 6.07) is 24.5. The minimum absolute atomic E-state index is 0.0430. The Balaban J connectivity index is 1.55. The Morgan fingerprint density at radius 2 is 1.71 bits per heavy atom. The third kappa shape index (κ3) is 5.43. The zero-order chi connectivity index (χ0) is 26.9. The van der Waals surface area contributed by atoms with Gasteiger partial charge < -0.3 is 14.1 Å². The molecule has 5 rings (SSSR count). The number of ether oxygens (including phenoxy) is 1. The topological polar surface area (TPSA) is 83.6 Å². The number of esters is 1. The number of hydrogen-bond acceptors (Lipinski definition) is 5. The van der Waals surface area contributed by atoms with Crippen LogP contribution in [0.4, 0.5) is 0 Å². The summed E-state index contributed by atoms with van der Waals surface area (Å²) in [5, 5.41) is 10.3. The first-order valence-corrected chi connectivity index (χ1v) is 12.7. The quantitative estimate of drug-likeness (QED) is 0.107. The number of nitrogens with zero attached hydrogens (tertiary/aromatic N) is 2. The lowest BCUT2D eigenvalue weighted by Gasteiger charge is -2.19. The van der Waals surface area contributed by atoms with Crippen LogP contribution in [0.2, 0.25) is 5.02 Å². The monoisotopic (exact) mass is 530 g/mol. The van der Waals surface area contributed by atoms with Gasteiger partial charge in [-0.2, -0.15) is 0 Å². The number of benzene rings is 3. The summed E-state index contributed by atoms with van der Waals surface area (Å²) in [7, 11) is 0. The Kier molecular flexibility index (Phi) is 6.95. The van der Waals surface area contributed by atoms with Crippen molar-refractivity contribution in [3.05, 3.63) is 111 Å². The van der Waals surface area contributed by atoms with Crippen LogP contribution in [0.15, 0.2) is 78.9 Å². The maximum absolute atomic E-state index is 13.3. The van der Waals surface area contributed by atoms with Crippen LogP contribution in [0.1, 0.15) is 30.8 Å². The number of hydrogen-bond donors (Lipinski definition) is 0. The highest BCUT2D eigenvalue weighted by molar-refractivity contribution is 6.30. The van der Waals surface area contributed by atoms with Crippen LogP contribution < -0.4 is 4.74 Å². The largest absolute Gasteiger partial charge is 0.426 e. The second-order valence-electron chi connectivity index (χ2n) is 10.2. The molecule has 0 fully saturated rings. The van der Waals surface area contributed by atoms with E-state index in [1.165, 1.54) is 5.69 Å². The fourth-order valence-corrected chi connectivity index (χ4v) is 5.32. The Morgan fingerprint density at radius 1 is 1.00 bits per heavy atom. The number of aromatic nitrogens is 1. The van der Waals surface area contributed by atoms with E-state index >= 15 is 0 Å². The van der Waals surface area contributed by atoms with Crippen LogP contribution in [-0.4, -0.2) is 15.6 Å². The van der Waals surface area contributed by atoms with E-state index in [4.69, 9.17) is 16.3 Å². The average molecular weight is 531 g/mol. The molecule has 0 saturated heterocycles. The van der Waals surface area contributed by atoms with E-state index in [9.17, 15) is 14.9 Å². The highest BCUT2D eigenvalue weighted by Gasteiger charge is 2.36. The third-order valence-electron chi connectivity index (χ3n) is 6.68. The Hall–Kier alpha value is -4.10. The van der Waals surface area contributed by atoms with E-state index in [0.29, 0.717) is 16.3 Å². The maximum atomic E-state index is 13.3. The minimum atomic E-state index is -0.851. The lowest BCUT2D eigenvalue weighted by molar-refractivity contribution is -0.763. The molecule has 0 N–H and O–H groups in total. The molecule has 0 saturated carbocycles. The predicted octanol–water partition coefficient (Wildman–Crippen LogP) is 6.91. The van der Waals surface area contributed by atoms with Crippen LogP contribution in [0.25, 0.3) is 22.3 Å². The average Bonchev–Trinajstić information content (AvgIpc) is 3.34. The predicted molar refractivity (Wildman–Crippen MR) is 145 cm³/mol. The van der Waals surface area contributed by atoms with Gasteiger partial charge in [-0.3, -0.25) is 4.79 Å². The molecule has 0 atom stereocenters. The first-order chi connectivity index (χ1) is 18.2. The van der Waals surface area contributed by atoms with Crippen molar-refractivity contribution in [1.29, 1.82) is 0 Å². The van der Waals surface area contributed by atoms with Crippen molar-refractivity contribution in [1.82, 2.24) is 4.57 Å². The molecule has 0 spiro atoms. The molecular formula is C30H27ClN2O5. The number of fused-ring (bicyclic) bond motifs is 1. The van der Waals surface area contributed by atoms with E-state index in [1.54, 1.807) is 24.3 Å². The van der Waals surface area contributed by atoms with Gasteiger partial charge >= 0.3 is 5.97 Å². The Bertz CT molecular complexity index is 1490. The smallest absolute Gasteiger partial charge is 0.317 e. The van der Waals surface area contributed by atoms with Gasteiger partial charge in [0, 0.05) is 34.1 Å². The van der Waals surface area contributed by atoms with Crippen molar-refractivity contribution in [2.75, 3.05) is 0 Å². The van der Waals surface area contributed by atoms with Crippen LogP contribution in [-0.2, 0) is 35.6 Å². The van der Waals surface area contributed by atoms with E-state index in [2.05, 4.69) is 35.4 Å². The van der Waals surface area contributed by atoms with Crippen molar-refractivity contribution < 1.29 is 19.5 Å². The van der Waals surface area contributed by atoms with Gasteiger partial charge in [-0.05, 0) is 52.8 Å². The number of carbonyl (C=O) groups excluding carboxylic acids is 1. The van der Waals surface area contributed by atoms with Gasteiger partial charge in [-0.25, -0.2) is 0 Å². The van der Waals surface area contributed by atoms with Crippen molar-refractivity contribution in [3.63, 3.8) is 0 Å². The van der Waals surface area contributed by atoms with E-state index in [-0.39, 0.29) is 18.4 Å². The Labute approximate surface area is 225 Å². The summed E-state index contributed by atoms with van der Waals surface area (Å²) < 4.78 is 7.98. The van der Waals surface area contributed by atoms with Gasteiger partial charge in [0.05, 0.1) is 6.42 Å². The summed E-state index contributed by atoms with van der Waals surface area (Å²) in [5.41, 5.74) is 6.87. The summed E-state index contributed by atoms with van der Waals surface area (Å²) in [6.07, 6.45) is 0.939. The molecule has 1 aliphatic rings. The van der Waals surface area contributed by atoms with Crippen molar-refractivity contribution in [2.24, 2.45) is 5.41 Å². The van der Waals surface area contributed by atoms with Crippen molar-refractivity contribution >= 4 is 17.6 Å². The van der Waals surface area contributed by atoms with Gasteiger partial charge in [0.15, 0.2) is 0 Å². The summed E-state index contributed by atoms with van der Waals surface area (Å²) in [4.78, 5) is 28.3. The van der Waals surface area contributed by atoms with Gasteiger partial charge in [-0.15, -0.1) is 10.1 Å². The lowest BCUT2D eigenvalue weighted by atomic mass is 9.86. The second kappa shape index (κ2) is 10.3. The van der Waals surface area contributed by atoms with Gasteiger partial charge in [0.2, 0.25) is 0 Å². The lowest BCUT2D eigenvalue weighted by Crippen LogP contribution is -2.18. The molecule has 4 aromatic rings. The summed E-state index contributed by atoms with van der Waals surface area (Å²) in [6.45, 7) is 5.03. The van der Waals surface area contributed by atoms with Gasteiger partial charge in [0.25, 0.3) is 5.09 Å². The summed E-state index contributed by atoms with van der Waals surface area (Å²) in [5.74, 6) is -0.110. The van der Waals surface area contributed by atoms with E-state index in [0.717, 1.165) is 40.9 Å². The van der Waals surface area contributed by atoms with Crippen molar-refractivity contribution in [2.45, 2.75) is 39.8 Å². The first-order valence-electron chi connectivity index (χ1n) is 12.3. The molecule has 1 aliphatic heterocycles. The number of halogens is 1.